The molecule has 0 fully saturated rings. The molecule has 0 aliphatic carbocycles. The highest BCUT2D eigenvalue weighted by atomic mass is 19.1. The van der Waals surface area contributed by atoms with Gasteiger partial charge in [-0.15, -0.1) is 0 Å². The minimum absolute atomic E-state index is 0.339. The molecule has 3 rings (SSSR count). The van der Waals surface area contributed by atoms with Gasteiger partial charge in [0.2, 0.25) is 0 Å². The second-order valence-electron chi connectivity index (χ2n) is 4.66. The molecular weight excluding hydrogens is 261 g/mol. The number of carbonyl (C=O) groups excluding carboxylic acids is 1. The number of aromatic nitrogens is 1. The van der Waals surface area contributed by atoms with Gasteiger partial charge in [0.15, 0.2) is 0 Å². The van der Waals surface area contributed by atoms with E-state index in [9.17, 15) is 9.18 Å². The van der Waals surface area contributed by atoms with Crippen LogP contribution in [0, 0.1) is 5.82 Å². The summed E-state index contributed by atoms with van der Waals surface area (Å²) in [5.41, 5.74) is 3.52. The third-order valence-electron chi connectivity index (χ3n) is 3.44. The Morgan fingerprint density at radius 2 is 2.35 bits per heavy atom. The van der Waals surface area contributed by atoms with Crippen LogP contribution in [0.4, 0.5) is 4.39 Å². The van der Waals surface area contributed by atoms with Crippen LogP contribution in [0.25, 0.3) is 17.0 Å². The summed E-state index contributed by atoms with van der Waals surface area (Å²) < 4.78 is 23.7. The van der Waals surface area contributed by atoms with Crippen LogP contribution in [0.3, 0.4) is 0 Å². The highest BCUT2D eigenvalue weighted by Crippen LogP contribution is 2.30. The molecule has 104 valence electrons. The molecule has 2 aromatic rings. The Bertz CT molecular complexity index is 703. The second-order valence-corrected chi connectivity index (χ2v) is 4.66. The Balaban J connectivity index is 2.14. The number of hydrogen-bond acceptors (Lipinski definition) is 3. The molecule has 0 atom stereocenters. The fourth-order valence-corrected chi connectivity index (χ4v) is 2.48. The molecule has 0 spiro atoms. The van der Waals surface area contributed by atoms with Crippen LogP contribution in [0.15, 0.2) is 18.2 Å². The van der Waals surface area contributed by atoms with E-state index in [0.717, 1.165) is 28.6 Å². The van der Waals surface area contributed by atoms with Crippen molar-refractivity contribution in [2.75, 3.05) is 13.7 Å². The number of ether oxygens (including phenoxy) is 2. The number of carbonyl (C=O) groups is 1. The van der Waals surface area contributed by atoms with Gasteiger partial charge in [-0.2, -0.15) is 0 Å². The van der Waals surface area contributed by atoms with Crippen LogP contribution in [0.1, 0.15) is 16.8 Å². The molecule has 0 saturated carbocycles. The number of nitrogens with one attached hydrogen (secondary N) is 1. The van der Waals surface area contributed by atoms with E-state index in [1.165, 1.54) is 25.3 Å². The maximum Gasteiger partial charge on any atom is 0.330 e. The minimum Gasteiger partial charge on any atom is -0.466 e. The number of methoxy groups -OCH3 is 1. The van der Waals surface area contributed by atoms with Crippen molar-refractivity contribution in [3.8, 4) is 0 Å². The first-order valence-electron chi connectivity index (χ1n) is 6.36. The van der Waals surface area contributed by atoms with Crippen molar-refractivity contribution in [2.45, 2.75) is 13.0 Å². The molecule has 1 N–H and O–H groups in total. The van der Waals surface area contributed by atoms with E-state index in [1.807, 2.05) is 0 Å². The van der Waals surface area contributed by atoms with Crippen molar-refractivity contribution in [3.05, 3.63) is 40.8 Å². The van der Waals surface area contributed by atoms with Crippen LogP contribution in [0.2, 0.25) is 0 Å². The Morgan fingerprint density at radius 3 is 3.15 bits per heavy atom. The highest BCUT2D eigenvalue weighted by Gasteiger charge is 2.17. The number of fused-ring (bicyclic) bond motifs is 3. The fraction of sp³-hybridized carbons (Fsp3) is 0.267. The van der Waals surface area contributed by atoms with Crippen LogP contribution in [0.5, 0.6) is 0 Å². The molecular formula is C15H14FNO3. The maximum atomic E-state index is 13.7. The van der Waals surface area contributed by atoms with Gasteiger partial charge in [-0.05, 0) is 18.2 Å². The lowest BCUT2D eigenvalue weighted by Crippen LogP contribution is -2.08. The Kier molecular flexibility index (Phi) is 3.28. The van der Waals surface area contributed by atoms with Gasteiger partial charge in [0.05, 0.1) is 25.8 Å². The molecule has 2 heterocycles. The lowest BCUT2D eigenvalue weighted by atomic mass is 10.1. The molecule has 0 unspecified atom stereocenters. The summed E-state index contributed by atoms with van der Waals surface area (Å²) in [5.74, 6) is -0.809. The van der Waals surface area contributed by atoms with Crippen LogP contribution >= 0.6 is 0 Å². The molecule has 0 bridgehead atoms. The number of aromatic amines is 1. The van der Waals surface area contributed by atoms with E-state index in [4.69, 9.17) is 4.74 Å². The molecule has 1 aromatic carbocycles. The molecule has 1 aromatic heterocycles. The SMILES string of the molecule is COC(=O)/C=C/c1cc(F)cc2c3c([nH]c12)CCOC3. The number of esters is 1. The number of H-pyrrole nitrogens is 1. The number of rotatable bonds is 2. The lowest BCUT2D eigenvalue weighted by Gasteiger charge is -2.11. The molecule has 0 radical (unpaired) electrons. The highest BCUT2D eigenvalue weighted by molar-refractivity contribution is 5.95. The monoisotopic (exact) mass is 275 g/mol. The van der Waals surface area contributed by atoms with Crippen molar-refractivity contribution >= 4 is 22.9 Å². The Morgan fingerprint density at radius 1 is 1.50 bits per heavy atom. The Labute approximate surface area is 115 Å². The number of halogens is 1. The van der Waals surface area contributed by atoms with Crippen molar-refractivity contribution < 1.29 is 18.7 Å². The van der Waals surface area contributed by atoms with Gasteiger partial charge in [-0.1, -0.05) is 0 Å². The first-order valence-corrected chi connectivity index (χ1v) is 6.36. The summed E-state index contributed by atoms with van der Waals surface area (Å²) in [6, 6.07) is 2.89. The summed E-state index contributed by atoms with van der Waals surface area (Å²) in [5, 5.41) is 0.809. The smallest absolute Gasteiger partial charge is 0.330 e. The predicted octanol–water partition coefficient (Wildman–Crippen LogP) is 2.57. The van der Waals surface area contributed by atoms with Crippen LogP contribution in [-0.2, 0) is 27.3 Å². The average molecular weight is 275 g/mol. The normalized spacial score (nSPS) is 14.7. The summed E-state index contributed by atoms with van der Waals surface area (Å²) in [4.78, 5) is 14.5. The summed E-state index contributed by atoms with van der Waals surface area (Å²) >= 11 is 0. The van der Waals surface area contributed by atoms with Crippen LogP contribution < -0.4 is 0 Å². The maximum absolute atomic E-state index is 13.7. The molecule has 0 saturated heterocycles. The van der Waals surface area contributed by atoms with E-state index < -0.39 is 5.97 Å². The first kappa shape index (κ1) is 12.9. The van der Waals surface area contributed by atoms with Crippen molar-refractivity contribution in [3.63, 3.8) is 0 Å². The lowest BCUT2D eigenvalue weighted by molar-refractivity contribution is -0.134. The quantitative estimate of drug-likeness (QED) is 0.677. The van der Waals surface area contributed by atoms with Gasteiger partial charge in [0, 0.05) is 34.7 Å². The van der Waals surface area contributed by atoms with Crippen LogP contribution in [-0.4, -0.2) is 24.7 Å². The number of benzene rings is 1. The van der Waals surface area contributed by atoms with Crippen molar-refractivity contribution in [1.82, 2.24) is 4.98 Å². The number of hydrogen-bond donors (Lipinski definition) is 1. The summed E-state index contributed by atoms with van der Waals surface area (Å²) in [7, 11) is 1.30. The standard InChI is InChI=1S/C15H14FNO3/c1-19-14(18)3-2-9-6-10(16)7-11-12-8-20-5-4-13(12)17-15(9)11/h2-3,6-7,17H,4-5,8H2,1H3/b3-2+. The van der Waals surface area contributed by atoms with E-state index in [-0.39, 0.29) is 5.82 Å². The first-order chi connectivity index (χ1) is 9.69. The van der Waals surface area contributed by atoms with E-state index in [0.29, 0.717) is 18.8 Å². The summed E-state index contributed by atoms with van der Waals surface area (Å²) in [6.07, 6.45) is 3.62. The zero-order chi connectivity index (χ0) is 14.1. The molecule has 20 heavy (non-hydrogen) atoms. The van der Waals surface area contributed by atoms with Gasteiger partial charge in [0.1, 0.15) is 5.82 Å². The van der Waals surface area contributed by atoms with Crippen molar-refractivity contribution in [1.29, 1.82) is 0 Å². The third kappa shape index (κ3) is 2.20. The van der Waals surface area contributed by atoms with Gasteiger partial charge in [0.25, 0.3) is 0 Å². The zero-order valence-corrected chi connectivity index (χ0v) is 11.0. The predicted molar refractivity (Wildman–Crippen MR) is 72.7 cm³/mol. The molecule has 0 amide bonds. The topological polar surface area (TPSA) is 51.3 Å². The third-order valence-corrected chi connectivity index (χ3v) is 3.44. The van der Waals surface area contributed by atoms with Gasteiger partial charge in [-0.25, -0.2) is 9.18 Å². The van der Waals surface area contributed by atoms with Gasteiger partial charge >= 0.3 is 5.97 Å². The van der Waals surface area contributed by atoms with E-state index in [2.05, 4.69) is 9.72 Å². The molecule has 1 aliphatic rings. The summed E-state index contributed by atoms with van der Waals surface area (Å²) in [6.45, 7) is 1.15. The van der Waals surface area contributed by atoms with E-state index in [1.54, 1.807) is 6.08 Å². The van der Waals surface area contributed by atoms with Gasteiger partial charge < -0.3 is 14.5 Å². The molecule has 1 aliphatic heterocycles. The van der Waals surface area contributed by atoms with Crippen molar-refractivity contribution in [2.24, 2.45) is 0 Å². The van der Waals surface area contributed by atoms with Gasteiger partial charge in [-0.3, -0.25) is 0 Å². The largest absolute Gasteiger partial charge is 0.466 e. The fourth-order valence-electron chi connectivity index (χ4n) is 2.48. The second kappa shape index (κ2) is 5.09. The zero-order valence-electron chi connectivity index (χ0n) is 11.0. The molecule has 4 nitrogen and oxygen atoms in total. The van der Waals surface area contributed by atoms with E-state index >= 15 is 0 Å². The molecule has 5 heteroatoms. The average Bonchev–Trinajstić information content (AvgIpc) is 2.83. The minimum atomic E-state index is -0.470. The Hall–Kier alpha value is -2.14.